The van der Waals surface area contributed by atoms with Crippen molar-refractivity contribution in [2.75, 3.05) is 26.8 Å². The second-order valence-electron chi connectivity index (χ2n) is 8.27. The first-order valence-corrected chi connectivity index (χ1v) is 11.8. The maximum Gasteiger partial charge on any atom is 0.254 e. The van der Waals surface area contributed by atoms with Gasteiger partial charge in [-0.1, -0.05) is 5.21 Å². The van der Waals surface area contributed by atoms with E-state index in [0.29, 0.717) is 54.6 Å². The molecule has 5 rings (SSSR count). The van der Waals surface area contributed by atoms with Crippen molar-refractivity contribution in [1.82, 2.24) is 25.2 Å². The van der Waals surface area contributed by atoms with Gasteiger partial charge in [-0.3, -0.25) is 9.59 Å². The fourth-order valence-corrected chi connectivity index (χ4v) is 4.80. The number of carbonyl (C=O) groups is 2. The summed E-state index contributed by atoms with van der Waals surface area (Å²) in [6.45, 7) is 3.70. The largest absolute Gasteiger partial charge is 0.493 e. The Morgan fingerprint density at radius 1 is 1.29 bits per heavy atom. The maximum atomic E-state index is 13.1. The number of methoxy groups -OCH3 is 1. The highest BCUT2D eigenvalue weighted by atomic mass is 32.1. The van der Waals surface area contributed by atoms with Crippen LogP contribution in [0.25, 0.3) is 0 Å². The lowest BCUT2D eigenvalue weighted by atomic mass is 10.1. The Morgan fingerprint density at radius 3 is 2.97 bits per heavy atom. The molecule has 2 aromatic heterocycles. The Morgan fingerprint density at radius 2 is 2.18 bits per heavy atom. The minimum Gasteiger partial charge on any atom is -0.493 e. The number of hydrogen-bond acceptors (Lipinski definition) is 8. The van der Waals surface area contributed by atoms with Gasteiger partial charge in [0.2, 0.25) is 0 Å². The van der Waals surface area contributed by atoms with Crippen molar-refractivity contribution >= 4 is 23.2 Å². The fourth-order valence-electron chi connectivity index (χ4n) is 4.12. The minimum atomic E-state index is -0.392. The average molecular weight is 484 g/mol. The summed E-state index contributed by atoms with van der Waals surface area (Å²) in [5.41, 5.74) is 1.75. The number of aryl methyl sites for hydroxylation is 1. The number of hydrogen-bond donors (Lipinski definition) is 1. The third-order valence-corrected chi connectivity index (χ3v) is 6.74. The average Bonchev–Trinajstić information content (AvgIpc) is 3.57. The van der Waals surface area contributed by atoms with E-state index in [1.807, 2.05) is 18.4 Å². The molecule has 1 N–H and O–H groups in total. The first-order valence-electron chi connectivity index (χ1n) is 11.0. The number of nitrogens with zero attached hydrogens (tertiary/aromatic N) is 4. The molecule has 0 saturated carbocycles. The monoisotopic (exact) mass is 483 g/mol. The van der Waals surface area contributed by atoms with E-state index in [1.165, 1.54) is 11.3 Å². The van der Waals surface area contributed by atoms with Crippen LogP contribution in [0.2, 0.25) is 0 Å². The topological polar surface area (TPSA) is 108 Å². The quantitative estimate of drug-likeness (QED) is 0.593. The predicted molar refractivity (Wildman–Crippen MR) is 123 cm³/mol. The zero-order valence-electron chi connectivity index (χ0n) is 18.9. The molecule has 0 radical (unpaired) electrons. The number of benzene rings is 1. The smallest absolute Gasteiger partial charge is 0.254 e. The first kappa shape index (κ1) is 22.4. The Labute approximate surface area is 200 Å². The van der Waals surface area contributed by atoms with Crippen molar-refractivity contribution < 1.29 is 23.8 Å². The highest BCUT2D eigenvalue weighted by Gasteiger charge is 2.38. The molecule has 1 aromatic carbocycles. The molecule has 1 saturated heterocycles. The number of fused-ring (bicyclic) bond motifs is 5. The van der Waals surface area contributed by atoms with Crippen LogP contribution in [0.3, 0.4) is 0 Å². The molecule has 0 spiro atoms. The van der Waals surface area contributed by atoms with E-state index < -0.39 is 6.10 Å². The van der Waals surface area contributed by atoms with Gasteiger partial charge in [0.25, 0.3) is 11.8 Å². The molecule has 2 aliphatic rings. The number of thiophene rings is 1. The summed E-state index contributed by atoms with van der Waals surface area (Å²) in [5.74, 6) is 0.653. The van der Waals surface area contributed by atoms with E-state index in [0.717, 1.165) is 4.88 Å². The number of likely N-dealkylation sites (tertiary alicyclic amines) is 1. The molecular formula is C23H25N5O5S. The van der Waals surface area contributed by atoms with E-state index in [9.17, 15) is 9.59 Å². The van der Waals surface area contributed by atoms with Crippen molar-refractivity contribution in [3.05, 3.63) is 57.5 Å². The van der Waals surface area contributed by atoms with Gasteiger partial charge in [-0.2, -0.15) is 0 Å². The molecular weight excluding hydrogens is 458 g/mol. The number of amides is 2. The van der Waals surface area contributed by atoms with Crippen molar-refractivity contribution in [2.24, 2.45) is 0 Å². The first-order chi connectivity index (χ1) is 16.5. The lowest BCUT2D eigenvalue weighted by Gasteiger charge is -2.20. The van der Waals surface area contributed by atoms with Crippen LogP contribution >= 0.6 is 11.3 Å². The number of carbonyl (C=O) groups excluding carboxylic acids is 2. The van der Waals surface area contributed by atoms with E-state index in [4.69, 9.17) is 14.2 Å². The van der Waals surface area contributed by atoms with Crippen molar-refractivity contribution in [3.8, 4) is 11.5 Å². The summed E-state index contributed by atoms with van der Waals surface area (Å²) in [6.07, 6.45) is 1.41. The summed E-state index contributed by atoms with van der Waals surface area (Å²) >= 11 is 1.53. The minimum absolute atomic E-state index is 0.0739. The third kappa shape index (κ3) is 4.62. The van der Waals surface area contributed by atoms with Crippen LogP contribution in [0.5, 0.6) is 11.5 Å². The molecule has 4 heterocycles. The normalized spacial score (nSPS) is 20.5. The van der Waals surface area contributed by atoms with Crippen LogP contribution in [0.15, 0.2) is 35.8 Å². The van der Waals surface area contributed by atoms with Crippen LogP contribution in [-0.2, 0) is 17.9 Å². The SMILES string of the molecule is COc1ccc2cc1OCCn1cc(nn1)CO[C@H]1CN(C(=O)c3csc(C)c3)C[C@@H]1NC2=O. The second-order valence-corrected chi connectivity index (χ2v) is 9.39. The molecule has 0 aliphatic carbocycles. The van der Waals surface area contributed by atoms with Crippen molar-refractivity contribution in [1.29, 1.82) is 0 Å². The third-order valence-electron chi connectivity index (χ3n) is 5.88. The number of nitrogens with one attached hydrogen (secondary N) is 1. The van der Waals surface area contributed by atoms with Crippen LogP contribution in [0.4, 0.5) is 0 Å². The Kier molecular flexibility index (Phi) is 6.20. The molecule has 1 fully saturated rings. The number of aromatic nitrogens is 3. The van der Waals surface area contributed by atoms with Gasteiger partial charge in [0.05, 0.1) is 44.2 Å². The molecule has 4 bridgehead atoms. The van der Waals surface area contributed by atoms with E-state index in [2.05, 4.69) is 15.6 Å². The van der Waals surface area contributed by atoms with Gasteiger partial charge in [0.1, 0.15) is 12.3 Å². The molecule has 2 atom stereocenters. The van der Waals surface area contributed by atoms with Gasteiger partial charge in [-0.25, -0.2) is 4.68 Å². The van der Waals surface area contributed by atoms with E-state index in [-0.39, 0.29) is 24.5 Å². The number of rotatable bonds is 2. The molecule has 3 aromatic rings. The Hall–Kier alpha value is -3.44. The summed E-state index contributed by atoms with van der Waals surface area (Å²) < 4.78 is 19.1. The van der Waals surface area contributed by atoms with Crippen LogP contribution in [-0.4, -0.2) is 70.7 Å². The molecule has 11 heteroatoms. The van der Waals surface area contributed by atoms with Crippen LogP contribution < -0.4 is 14.8 Å². The van der Waals surface area contributed by atoms with Crippen molar-refractivity contribution in [2.45, 2.75) is 32.2 Å². The highest BCUT2D eigenvalue weighted by Crippen LogP contribution is 2.29. The summed E-state index contributed by atoms with van der Waals surface area (Å²) in [6, 6.07) is 6.53. The summed E-state index contributed by atoms with van der Waals surface area (Å²) in [5, 5.41) is 13.2. The van der Waals surface area contributed by atoms with Crippen molar-refractivity contribution in [3.63, 3.8) is 0 Å². The van der Waals surface area contributed by atoms with Crippen LogP contribution in [0.1, 0.15) is 31.3 Å². The zero-order chi connectivity index (χ0) is 23.7. The highest BCUT2D eigenvalue weighted by molar-refractivity contribution is 7.10. The molecule has 0 unspecified atom stereocenters. The standard InChI is InChI=1S/C23H25N5O5S/c1-14-7-16(13-34-14)23(30)27-10-18-21(11-27)33-12-17-9-28(26-25-17)5-6-32-20-8-15(22(29)24-18)3-4-19(20)31-2/h3-4,7-9,13,18,21H,5-6,10-12H2,1-2H3,(H,24,29)/t18-,21-/m0/s1. The predicted octanol–water partition coefficient (Wildman–Crippen LogP) is 1.89. The molecule has 10 nitrogen and oxygen atoms in total. The fraction of sp³-hybridized carbons (Fsp3) is 0.391. The molecule has 178 valence electrons. The van der Waals surface area contributed by atoms with Gasteiger partial charge < -0.3 is 24.4 Å². The molecule has 2 aliphatic heterocycles. The van der Waals surface area contributed by atoms with Gasteiger partial charge in [0, 0.05) is 28.9 Å². The Bertz CT molecular complexity index is 1210. The van der Waals surface area contributed by atoms with Gasteiger partial charge in [-0.05, 0) is 31.2 Å². The van der Waals surface area contributed by atoms with E-state index >= 15 is 0 Å². The van der Waals surface area contributed by atoms with Crippen LogP contribution in [0, 0.1) is 6.92 Å². The maximum absolute atomic E-state index is 13.1. The van der Waals surface area contributed by atoms with E-state index in [1.54, 1.807) is 41.1 Å². The summed E-state index contributed by atoms with van der Waals surface area (Å²) in [4.78, 5) is 29.0. The lowest BCUT2D eigenvalue weighted by Crippen LogP contribution is -2.44. The summed E-state index contributed by atoms with van der Waals surface area (Å²) in [7, 11) is 1.55. The van der Waals surface area contributed by atoms with Gasteiger partial charge in [-0.15, -0.1) is 16.4 Å². The Balaban J connectivity index is 1.42. The number of ether oxygens (including phenoxy) is 3. The second kappa shape index (κ2) is 9.43. The van der Waals surface area contributed by atoms with Gasteiger partial charge >= 0.3 is 0 Å². The molecule has 34 heavy (non-hydrogen) atoms. The lowest BCUT2D eigenvalue weighted by molar-refractivity contribution is 0.0291. The zero-order valence-corrected chi connectivity index (χ0v) is 19.7. The molecule has 2 amide bonds. The van der Waals surface area contributed by atoms with Gasteiger partial charge in [0.15, 0.2) is 11.5 Å².